The molecule has 0 saturated carbocycles. The van der Waals surface area contributed by atoms with Gasteiger partial charge in [0, 0.05) is 0 Å². The van der Waals surface area contributed by atoms with Crippen LogP contribution in [0.4, 0.5) is 0 Å². The lowest BCUT2D eigenvalue weighted by Crippen LogP contribution is -2.46. The zero-order chi connectivity index (χ0) is 26.3. The molecule has 190 valence electrons. The maximum atomic E-state index is 5.81. The molecule has 39 heavy (non-hydrogen) atoms. The van der Waals surface area contributed by atoms with Crippen molar-refractivity contribution >= 4 is 53.9 Å². The summed E-state index contributed by atoms with van der Waals surface area (Å²) >= 11 is 0. The first kappa shape index (κ1) is 24.3. The van der Waals surface area contributed by atoms with E-state index in [0.29, 0.717) is 0 Å². The predicted octanol–water partition coefficient (Wildman–Crippen LogP) is 7.46. The van der Waals surface area contributed by atoms with E-state index in [1.165, 1.54) is 49.0 Å². The molecule has 6 aromatic carbocycles. The number of hydrogen-bond acceptors (Lipinski definition) is 1. The lowest BCUT2D eigenvalue weighted by molar-refractivity contribution is 0.418. The second-order valence-corrected chi connectivity index (χ2v) is 15.4. The van der Waals surface area contributed by atoms with Crippen LogP contribution >= 0.6 is 7.92 Å². The van der Waals surface area contributed by atoms with Crippen LogP contribution in [-0.4, -0.2) is 15.9 Å². The van der Waals surface area contributed by atoms with Crippen LogP contribution in [0, 0.1) is 0 Å². The summed E-state index contributed by atoms with van der Waals surface area (Å²) in [4.78, 5) is 0. The van der Waals surface area contributed by atoms with Crippen LogP contribution in [0.2, 0.25) is 6.55 Å². The highest BCUT2D eigenvalue weighted by molar-refractivity contribution is 7.64. The van der Waals surface area contributed by atoms with Gasteiger partial charge in [0.25, 0.3) is 0 Å². The van der Waals surface area contributed by atoms with Gasteiger partial charge in [-0.25, -0.2) is 0 Å². The normalized spacial score (nSPS) is 14.0. The first-order valence-electron chi connectivity index (χ1n) is 13.7. The molecule has 1 heterocycles. The van der Waals surface area contributed by atoms with Crippen molar-refractivity contribution in [3.8, 4) is 16.9 Å². The van der Waals surface area contributed by atoms with Crippen LogP contribution in [-0.2, 0) is 12.3 Å². The van der Waals surface area contributed by atoms with E-state index in [1.54, 1.807) is 17.6 Å². The van der Waals surface area contributed by atoms with Crippen molar-refractivity contribution in [2.45, 2.75) is 18.9 Å². The van der Waals surface area contributed by atoms with Gasteiger partial charge >= 0.3 is 0 Å². The molecular formula is C36H31OPSi. The van der Waals surface area contributed by atoms with Gasteiger partial charge in [0.2, 0.25) is 0 Å². The van der Waals surface area contributed by atoms with Crippen LogP contribution < -0.4 is 20.4 Å². The average Bonchev–Trinajstić information content (AvgIpc) is 3.18. The van der Waals surface area contributed by atoms with Crippen LogP contribution in [0.5, 0.6) is 5.75 Å². The van der Waals surface area contributed by atoms with Crippen LogP contribution in [0.15, 0.2) is 121 Å². The van der Waals surface area contributed by atoms with E-state index < -0.39 is 16.7 Å². The van der Waals surface area contributed by atoms with Crippen molar-refractivity contribution in [1.82, 2.24) is 0 Å². The van der Waals surface area contributed by atoms with Crippen LogP contribution in [0.1, 0.15) is 11.1 Å². The fourth-order valence-corrected chi connectivity index (χ4v) is 12.4. The van der Waals surface area contributed by atoms with Gasteiger partial charge in [0.15, 0.2) is 0 Å². The summed E-state index contributed by atoms with van der Waals surface area (Å²) in [6, 6.07) is 45.2. The summed E-state index contributed by atoms with van der Waals surface area (Å²) in [6.45, 7) is 2.47. The minimum Gasteiger partial charge on any atom is -0.497 e. The van der Waals surface area contributed by atoms with Crippen molar-refractivity contribution in [2.75, 3.05) is 7.11 Å². The molecule has 0 amide bonds. The first-order chi connectivity index (χ1) is 19.2. The van der Waals surface area contributed by atoms with E-state index in [2.05, 4.69) is 128 Å². The number of hydrogen-bond donors (Lipinski definition) is 0. The Bertz CT molecular complexity index is 1750. The highest BCUT2D eigenvalue weighted by Gasteiger charge is 2.28. The fraction of sp³-hybridized carbons (Fsp3) is 0.111. The second-order valence-electron chi connectivity index (χ2n) is 10.5. The van der Waals surface area contributed by atoms with Crippen molar-refractivity contribution in [2.24, 2.45) is 0 Å². The third kappa shape index (κ3) is 4.20. The molecule has 0 radical (unpaired) electrons. The molecule has 3 heteroatoms. The molecule has 0 bridgehead atoms. The summed E-state index contributed by atoms with van der Waals surface area (Å²) in [6.07, 6.45) is 2.20. The quantitative estimate of drug-likeness (QED) is 0.167. The standard InChI is InChI=1S/C36H31OPSi/c1-37-31-15-7-9-17-33(31)39(2)34-18-10-8-16-32(34)38-23-27-21-19-25-11-3-5-13-29(25)35(27)36-28(24-38)22-20-26-12-4-6-14-30(26)36/h3-22,39H,23-24H2,1-2H3/t39-/m1/s1. The largest absolute Gasteiger partial charge is 0.497 e. The molecule has 0 aromatic heterocycles. The summed E-state index contributed by atoms with van der Waals surface area (Å²) in [5.41, 5.74) is 5.85. The van der Waals surface area contributed by atoms with Gasteiger partial charge < -0.3 is 4.74 Å². The first-order valence-corrected chi connectivity index (χ1v) is 17.7. The molecule has 1 aliphatic rings. The molecule has 0 N–H and O–H groups in total. The molecule has 7 rings (SSSR count). The van der Waals surface area contributed by atoms with E-state index in [1.807, 2.05) is 0 Å². The monoisotopic (exact) mass is 538 g/mol. The van der Waals surface area contributed by atoms with Crippen molar-refractivity contribution in [3.63, 3.8) is 0 Å². The van der Waals surface area contributed by atoms with Crippen LogP contribution in [0.3, 0.4) is 0 Å². The van der Waals surface area contributed by atoms with Gasteiger partial charge in [-0.2, -0.15) is 0 Å². The van der Waals surface area contributed by atoms with E-state index >= 15 is 0 Å². The molecule has 0 spiro atoms. The van der Waals surface area contributed by atoms with Crippen LogP contribution in [0.25, 0.3) is 32.7 Å². The number of ether oxygens (including phenoxy) is 1. The molecule has 6 aromatic rings. The van der Waals surface area contributed by atoms with Crippen molar-refractivity contribution < 1.29 is 4.74 Å². The number of benzene rings is 6. The average molecular weight is 539 g/mol. The Morgan fingerprint density at radius 2 is 1.08 bits per heavy atom. The molecular weight excluding hydrogens is 507 g/mol. The topological polar surface area (TPSA) is 9.23 Å². The second kappa shape index (κ2) is 10.1. The Kier molecular flexibility index (Phi) is 6.31. The van der Waals surface area contributed by atoms with E-state index in [0.717, 1.165) is 18.1 Å². The zero-order valence-electron chi connectivity index (χ0n) is 22.4. The predicted molar refractivity (Wildman–Crippen MR) is 173 cm³/mol. The van der Waals surface area contributed by atoms with E-state index in [9.17, 15) is 0 Å². The Hall–Kier alpha value is -3.71. The smallest absolute Gasteiger partial charge is 0.118 e. The third-order valence-corrected chi connectivity index (χ3v) is 14.0. The van der Waals surface area contributed by atoms with Gasteiger partial charge in [-0.05, 0) is 72.7 Å². The SMILES string of the molecule is COc1ccccc1[Si@@H](C)c1ccccc1P1Cc2ccc3ccccc3c2-c2c(ccc3ccccc23)C1. The molecule has 1 aliphatic heterocycles. The minimum atomic E-state index is -1.46. The lowest BCUT2D eigenvalue weighted by Gasteiger charge is -2.24. The molecule has 0 unspecified atom stereocenters. The number of para-hydroxylation sites is 1. The zero-order valence-corrected chi connectivity index (χ0v) is 24.4. The lowest BCUT2D eigenvalue weighted by atomic mass is 9.88. The summed E-state index contributed by atoms with van der Waals surface area (Å²) in [7, 11) is -0.108. The molecule has 1 nitrogen and oxygen atoms in total. The van der Waals surface area contributed by atoms with Crippen molar-refractivity contribution in [1.29, 1.82) is 0 Å². The van der Waals surface area contributed by atoms with E-state index in [-0.39, 0.29) is 0 Å². The number of rotatable bonds is 4. The third-order valence-electron chi connectivity index (χ3n) is 8.35. The molecule has 0 fully saturated rings. The van der Waals surface area contributed by atoms with Crippen molar-refractivity contribution in [3.05, 3.63) is 132 Å². The highest BCUT2D eigenvalue weighted by Crippen LogP contribution is 2.52. The molecule has 1 atom stereocenters. The van der Waals surface area contributed by atoms with Gasteiger partial charge in [0.05, 0.1) is 7.11 Å². The summed E-state index contributed by atoms with van der Waals surface area (Å²) in [5, 5.41) is 9.88. The maximum absolute atomic E-state index is 5.81. The minimum absolute atomic E-state index is 0.441. The van der Waals surface area contributed by atoms with Gasteiger partial charge in [0.1, 0.15) is 14.5 Å². The van der Waals surface area contributed by atoms with Gasteiger partial charge in [-0.3, -0.25) is 0 Å². The van der Waals surface area contributed by atoms with Gasteiger partial charge in [-0.1, -0.05) is 135 Å². The summed E-state index contributed by atoms with van der Waals surface area (Å²) < 4.78 is 5.81. The summed E-state index contributed by atoms with van der Waals surface area (Å²) in [5.74, 6) is 1.02. The highest BCUT2D eigenvalue weighted by atomic mass is 31.1. The fourth-order valence-electron chi connectivity index (χ4n) is 6.46. The molecule has 0 aliphatic carbocycles. The molecule has 0 saturated heterocycles. The number of fused-ring (bicyclic) bond motifs is 7. The maximum Gasteiger partial charge on any atom is 0.118 e. The Morgan fingerprint density at radius 1 is 0.564 bits per heavy atom. The Morgan fingerprint density at radius 3 is 1.69 bits per heavy atom. The van der Waals surface area contributed by atoms with Gasteiger partial charge in [-0.15, -0.1) is 0 Å². The Labute approximate surface area is 233 Å². The number of methoxy groups -OCH3 is 1. The van der Waals surface area contributed by atoms with E-state index in [4.69, 9.17) is 4.74 Å². The Balaban J connectivity index is 1.44.